The monoisotopic (exact) mass is 584 g/mol. The number of nitrogen functional groups attached to an aromatic ring is 1. The van der Waals surface area contributed by atoms with E-state index < -0.39 is 10.1 Å². The maximum atomic E-state index is 12.4. The van der Waals surface area contributed by atoms with E-state index in [0.29, 0.717) is 12.4 Å². The van der Waals surface area contributed by atoms with Crippen molar-refractivity contribution in [3.8, 4) is 17.0 Å². The zero-order chi connectivity index (χ0) is 29.1. The molecule has 1 aliphatic carbocycles. The van der Waals surface area contributed by atoms with E-state index in [1.807, 2.05) is 72.1 Å². The number of ether oxygens (including phenoxy) is 2. The highest BCUT2D eigenvalue weighted by molar-refractivity contribution is 7.86. The third-order valence-electron chi connectivity index (χ3n) is 7.41. The topological polar surface area (TPSA) is 118 Å². The second-order valence-corrected chi connectivity index (χ2v) is 12.0. The summed E-state index contributed by atoms with van der Waals surface area (Å²) in [6.07, 6.45) is 5.06. The van der Waals surface area contributed by atoms with Crippen LogP contribution in [-0.2, 0) is 25.6 Å². The fourth-order valence-electron chi connectivity index (χ4n) is 5.09. The number of rotatable bonds is 11. The fourth-order valence-corrected chi connectivity index (χ4v) is 5.99. The van der Waals surface area contributed by atoms with Crippen molar-refractivity contribution in [3.63, 3.8) is 0 Å². The Labute approximate surface area is 245 Å². The fraction of sp³-hybridized carbons (Fsp3) is 0.250. The molecule has 1 saturated carbocycles. The second kappa shape index (κ2) is 11.9. The van der Waals surface area contributed by atoms with Crippen LogP contribution >= 0.6 is 0 Å². The van der Waals surface area contributed by atoms with Gasteiger partial charge in [0.15, 0.2) is 0 Å². The maximum absolute atomic E-state index is 12.4. The van der Waals surface area contributed by atoms with E-state index in [0.717, 1.165) is 52.3 Å². The van der Waals surface area contributed by atoms with Crippen LogP contribution in [-0.4, -0.2) is 42.1 Å². The number of fused-ring (bicyclic) bond motifs is 1. The van der Waals surface area contributed by atoms with Gasteiger partial charge in [-0.1, -0.05) is 60.2 Å². The summed E-state index contributed by atoms with van der Waals surface area (Å²) in [4.78, 5) is 9.49. The molecule has 2 heterocycles. The lowest BCUT2D eigenvalue weighted by atomic mass is 9.81. The second-order valence-electron chi connectivity index (χ2n) is 10.4. The van der Waals surface area contributed by atoms with Crippen molar-refractivity contribution < 1.29 is 22.1 Å². The number of aromatic nitrogens is 3. The molecule has 0 amide bonds. The zero-order valence-corrected chi connectivity index (χ0v) is 24.0. The molecule has 42 heavy (non-hydrogen) atoms. The molecule has 2 N–H and O–H groups in total. The minimum Gasteiger partial charge on any atom is -0.489 e. The Balaban J connectivity index is 1.10. The van der Waals surface area contributed by atoms with E-state index >= 15 is 0 Å². The summed E-state index contributed by atoms with van der Waals surface area (Å²) in [6, 6.07) is 24.4. The Morgan fingerprint density at radius 3 is 2.55 bits per heavy atom. The molecule has 3 aromatic carbocycles. The molecule has 1 aliphatic rings. The molecule has 216 valence electrons. The number of anilines is 1. The van der Waals surface area contributed by atoms with E-state index in [4.69, 9.17) is 24.4 Å². The van der Waals surface area contributed by atoms with Gasteiger partial charge in [-0.15, -0.1) is 0 Å². The highest BCUT2D eigenvalue weighted by atomic mass is 32.2. The third-order valence-corrected chi connectivity index (χ3v) is 8.74. The van der Waals surface area contributed by atoms with Gasteiger partial charge in [-0.2, -0.15) is 8.42 Å². The van der Waals surface area contributed by atoms with E-state index in [9.17, 15) is 8.42 Å². The summed E-state index contributed by atoms with van der Waals surface area (Å²) >= 11 is 0. The van der Waals surface area contributed by atoms with E-state index in [2.05, 4.69) is 4.98 Å². The highest BCUT2D eigenvalue weighted by Crippen LogP contribution is 2.41. The molecule has 0 aliphatic heterocycles. The Hall–Kier alpha value is -4.25. The lowest BCUT2D eigenvalue weighted by Crippen LogP contribution is -2.32. The molecule has 0 atom stereocenters. The SMILES string of the molecule is Cc1ccc(S(=O)(=O)OCCOC2CC(c3nc(-c4cccc(OCc5ccccc5)c4)c4c(N)nccn34)C2)cc1. The molecule has 1 fully saturated rings. The van der Waals surface area contributed by atoms with E-state index in [1.54, 1.807) is 30.5 Å². The molecule has 0 radical (unpaired) electrons. The minimum absolute atomic E-state index is 0.00891. The van der Waals surface area contributed by atoms with Crippen LogP contribution in [0.2, 0.25) is 0 Å². The summed E-state index contributed by atoms with van der Waals surface area (Å²) in [5.41, 5.74) is 10.8. The summed E-state index contributed by atoms with van der Waals surface area (Å²) < 4.78 is 43.9. The molecule has 9 nitrogen and oxygen atoms in total. The van der Waals surface area contributed by atoms with Crippen molar-refractivity contribution >= 4 is 21.5 Å². The van der Waals surface area contributed by atoms with Gasteiger partial charge in [0.2, 0.25) is 0 Å². The molecule has 6 rings (SSSR count). The van der Waals surface area contributed by atoms with Gasteiger partial charge in [-0.05, 0) is 49.6 Å². The van der Waals surface area contributed by atoms with Crippen LogP contribution in [0, 0.1) is 6.92 Å². The van der Waals surface area contributed by atoms with Gasteiger partial charge in [-0.3, -0.25) is 8.58 Å². The van der Waals surface area contributed by atoms with Gasteiger partial charge in [0, 0.05) is 23.9 Å². The Morgan fingerprint density at radius 1 is 0.976 bits per heavy atom. The average molecular weight is 585 g/mol. The Kier molecular flexibility index (Phi) is 7.92. The number of aryl methyl sites for hydroxylation is 1. The number of nitrogens with zero attached hydrogens (tertiary/aromatic N) is 3. The Bertz CT molecular complexity index is 1780. The van der Waals surface area contributed by atoms with Crippen LogP contribution in [0.1, 0.15) is 35.7 Å². The highest BCUT2D eigenvalue weighted by Gasteiger charge is 2.35. The number of nitrogens with two attached hydrogens (primary N) is 1. The molecule has 2 aromatic heterocycles. The molecular formula is C32H32N4O5S. The lowest BCUT2D eigenvalue weighted by molar-refractivity contribution is -0.0224. The van der Waals surface area contributed by atoms with Gasteiger partial charge in [-0.25, -0.2) is 9.97 Å². The quantitative estimate of drug-likeness (QED) is 0.159. The smallest absolute Gasteiger partial charge is 0.297 e. The Morgan fingerprint density at radius 2 is 1.76 bits per heavy atom. The molecular weight excluding hydrogens is 552 g/mol. The number of imidazole rings is 1. The van der Waals surface area contributed by atoms with Crippen molar-refractivity contribution in [2.45, 2.75) is 43.3 Å². The van der Waals surface area contributed by atoms with E-state index in [-0.39, 0.29) is 30.1 Å². The molecule has 10 heteroatoms. The first-order valence-electron chi connectivity index (χ1n) is 13.8. The first-order valence-corrected chi connectivity index (χ1v) is 15.3. The van der Waals surface area contributed by atoms with Crippen molar-refractivity contribution in [2.24, 2.45) is 0 Å². The summed E-state index contributed by atoms with van der Waals surface area (Å²) in [5, 5.41) is 0. The standard InChI is InChI=1S/C32H32N4O5S/c1-22-10-12-28(13-11-22)42(37,38)41-17-16-39-27-19-25(20-27)32-35-29(30-31(33)34-14-15-36(30)32)24-8-5-9-26(18-24)40-21-23-6-3-2-4-7-23/h2-15,18,25,27H,16-17,19-21H2,1H3,(H2,33,34). The largest absolute Gasteiger partial charge is 0.489 e. The molecule has 5 aromatic rings. The lowest BCUT2D eigenvalue weighted by Gasteiger charge is -2.34. The minimum atomic E-state index is -3.81. The molecule has 0 saturated heterocycles. The third kappa shape index (κ3) is 6.01. The van der Waals surface area contributed by atoms with Crippen LogP contribution in [0.25, 0.3) is 16.8 Å². The number of hydrogen-bond acceptors (Lipinski definition) is 8. The van der Waals surface area contributed by atoms with Gasteiger partial charge in [0.05, 0.1) is 24.2 Å². The van der Waals surface area contributed by atoms with Crippen molar-refractivity contribution in [1.29, 1.82) is 0 Å². The van der Waals surface area contributed by atoms with Gasteiger partial charge in [0.25, 0.3) is 10.1 Å². The first-order chi connectivity index (χ1) is 20.4. The van der Waals surface area contributed by atoms with Crippen LogP contribution in [0.3, 0.4) is 0 Å². The van der Waals surface area contributed by atoms with Crippen molar-refractivity contribution in [3.05, 3.63) is 108 Å². The summed E-state index contributed by atoms with van der Waals surface area (Å²) in [5.74, 6) is 2.20. The van der Waals surface area contributed by atoms with Crippen molar-refractivity contribution in [2.75, 3.05) is 18.9 Å². The van der Waals surface area contributed by atoms with Crippen LogP contribution < -0.4 is 10.5 Å². The molecule has 0 bridgehead atoms. The summed E-state index contributed by atoms with van der Waals surface area (Å²) in [6.45, 7) is 2.51. The predicted octanol–water partition coefficient (Wildman–Crippen LogP) is 5.53. The van der Waals surface area contributed by atoms with Crippen molar-refractivity contribution in [1.82, 2.24) is 14.4 Å². The van der Waals surface area contributed by atoms with Gasteiger partial charge in [0.1, 0.15) is 35.2 Å². The van der Waals surface area contributed by atoms with Crippen LogP contribution in [0.4, 0.5) is 5.82 Å². The van der Waals surface area contributed by atoms with Gasteiger partial charge >= 0.3 is 0 Å². The molecule has 0 spiro atoms. The maximum Gasteiger partial charge on any atom is 0.297 e. The normalized spacial score (nSPS) is 16.8. The first kappa shape index (κ1) is 27.9. The van der Waals surface area contributed by atoms with Gasteiger partial charge < -0.3 is 15.2 Å². The average Bonchev–Trinajstić information content (AvgIpc) is 3.36. The number of hydrogen-bond donors (Lipinski definition) is 1. The van der Waals surface area contributed by atoms with Crippen LogP contribution in [0.15, 0.2) is 96.2 Å². The molecule has 0 unspecified atom stereocenters. The van der Waals surface area contributed by atoms with E-state index in [1.165, 1.54) is 0 Å². The predicted molar refractivity (Wildman–Crippen MR) is 160 cm³/mol. The summed E-state index contributed by atoms with van der Waals surface area (Å²) in [7, 11) is -3.81. The zero-order valence-electron chi connectivity index (χ0n) is 23.2. The van der Waals surface area contributed by atoms with Crippen LogP contribution in [0.5, 0.6) is 5.75 Å². The number of benzene rings is 3.